The number of halogens is 7. The van der Waals surface area contributed by atoms with E-state index in [-0.39, 0.29) is 36.0 Å². The van der Waals surface area contributed by atoms with Gasteiger partial charge in [-0.15, -0.1) is 10.2 Å². The quantitative estimate of drug-likeness (QED) is 0.296. The topological polar surface area (TPSA) is 70.7 Å². The molecule has 1 aliphatic heterocycles. The maximum Gasteiger partial charge on any atom is 0.417 e. The second-order valence-corrected chi connectivity index (χ2v) is 7.86. The molecule has 0 saturated heterocycles. The zero-order valence-electron chi connectivity index (χ0n) is 16.8. The molecule has 1 unspecified atom stereocenters. The largest absolute Gasteiger partial charge is 0.417 e. The van der Waals surface area contributed by atoms with E-state index in [1.54, 1.807) is 11.5 Å². The fourth-order valence-electron chi connectivity index (χ4n) is 3.71. The number of hydrogen-bond acceptors (Lipinski definition) is 4. The van der Waals surface area contributed by atoms with Crippen LogP contribution in [0.2, 0.25) is 5.02 Å². The molecule has 1 aliphatic rings. The number of amidine groups is 1. The first-order valence-corrected chi connectivity index (χ1v) is 9.92. The Balaban J connectivity index is 1.66. The van der Waals surface area contributed by atoms with Crippen LogP contribution >= 0.6 is 11.6 Å². The van der Waals surface area contributed by atoms with Crippen LogP contribution in [0.25, 0.3) is 11.4 Å². The van der Waals surface area contributed by atoms with Crippen LogP contribution in [0.4, 0.5) is 26.3 Å². The zero-order valence-corrected chi connectivity index (χ0v) is 17.6. The van der Waals surface area contributed by atoms with E-state index in [9.17, 15) is 26.3 Å². The third-order valence-corrected chi connectivity index (χ3v) is 5.62. The third-order valence-electron chi connectivity index (χ3n) is 5.22. The van der Waals surface area contributed by atoms with Gasteiger partial charge in [0, 0.05) is 18.3 Å². The van der Waals surface area contributed by atoms with Crippen molar-refractivity contribution >= 4 is 17.4 Å². The van der Waals surface area contributed by atoms with Gasteiger partial charge in [0.25, 0.3) is 0 Å². The molecular formula is C20H15ClF6N6. The van der Waals surface area contributed by atoms with E-state index < -0.39 is 34.5 Å². The number of hydrogen-bond donors (Lipinski definition) is 1. The number of benzene rings is 1. The van der Waals surface area contributed by atoms with Crippen molar-refractivity contribution in [1.29, 1.82) is 5.41 Å². The van der Waals surface area contributed by atoms with Gasteiger partial charge in [0.15, 0.2) is 11.6 Å². The molecule has 0 radical (unpaired) electrons. The molecule has 0 saturated carbocycles. The van der Waals surface area contributed by atoms with E-state index in [4.69, 9.17) is 17.0 Å². The number of fused-ring (bicyclic) bond motifs is 1. The van der Waals surface area contributed by atoms with Gasteiger partial charge in [0.05, 0.1) is 28.7 Å². The molecule has 0 fully saturated rings. The summed E-state index contributed by atoms with van der Waals surface area (Å²) in [6, 6.07) is 4.68. The maximum absolute atomic E-state index is 13.3. The molecule has 4 rings (SSSR count). The maximum atomic E-state index is 13.3. The van der Waals surface area contributed by atoms with E-state index in [0.717, 1.165) is 24.4 Å². The number of rotatable bonds is 2. The molecule has 6 nitrogen and oxygen atoms in total. The van der Waals surface area contributed by atoms with E-state index in [0.29, 0.717) is 5.82 Å². The molecule has 1 N–H and O–H groups in total. The minimum absolute atomic E-state index is 0.00464. The van der Waals surface area contributed by atoms with E-state index in [1.165, 1.54) is 17.0 Å². The minimum Gasteiger partial charge on any atom is -0.346 e. The first-order valence-electron chi connectivity index (χ1n) is 9.55. The molecule has 0 spiro atoms. The van der Waals surface area contributed by atoms with Gasteiger partial charge in [-0.05, 0) is 31.2 Å². The Hall–Kier alpha value is -3.15. The van der Waals surface area contributed by atoms with E-state index in [1.807, 2.05) is 0 Å². The lowest BCUT2D eigenvalue weighted by atomic mass is 10.1. The van der Waals surface area contributed by atoms with Crippen molar-refractivity contribution in [2.75, 3.05) is 6.54 Å². The molecule has 33 heavy (non-hydrogen) atoms. The summed E-state index contributed by atoms with van der Waals surface area (Å²) in [4.78, 5) is 5.35. The van der Waals surface area contributed by atoms with Crippen LogP contribution in [-0.2, 0) is 18.9 Å². The van der Waals surface area contributed by atoms with Crippen molar-refractivity contribution in [3.05, 3.63) is 64.2 Å². The summed E-state index contributed by atoms with van der Waals surface area (Å²) in [7, 11) is 0. The van der Waals surface area contributed by atoms with Crippen LogP contribution in [0.1, 0.15) is 35.6 Å². The Kier molecular flexibility index (Phi) is 5.59. The molecule has 1 atom stereocenters. The first kappa shape index (κ1) is 23.0. The fourth-order valence-corrected chi connectivity index (χ4v) is 4.02. The Bertz CT molecular complexity index is 1220. The molecule has 0 aliphatic carbocycles. The third kappa shape index (κ3) is 4.26. The van der Waals surface area contributed by atoms with Crippen molar-refractivity contribution in [2.24, 2.45) is 0 Å². The van der Waals surface area contributed by atoms with Crippen molar-refractivity contribution in [3.8, 4) is 11.4 Å². The van der Waals surface area contributed by atoms with Crippen LogP contribution in [-0.4, -0.2) is 37.0 Å². The number of aromatic nitrogens is 4. The summed E-state index contributed by atoms with van der Waals surface area (Å²) in [5.41, 5.74) is -2.03. The summed E-state index contributed by atoms with van der Waals surface area (Å²) in [6.45, 7) is 1.91. The summed E-state index contributed by atoms with van der Waals surface area (Å²) < 4.78 is 80.4. The lowest BCUT2D eigenvalue weighted by Gasteiger charge is -2.34. The number of nitrogens with one attached hydrogen (secondary N) is 1. The highest BCUT2D eigenvalue weighted by Crippen LogP contribution is 2.40. The highest BCUT2D eigenvalue weighted by Gasteiger charge is 2.36. The van der Waals surface area contributed by atoms with Gasteiger partial charge in [-0.2, -0.15) is 26.3 Å². The van der Waals surface area contributed by atoms with Crippen LogP contribution in [0.3, 0.4) is 0 Å². The van der Waals surface area contributed by atoms with Gasteiger partial charge in [-0.1, -0.05) is 17.7 Å². The summed E-state index contributed by atoms with van der Waals surface area (Å²) in [5, 5.41) is 15.9. The lowest BCUT2D eigenvalue weighted by molar-refractivity contribution is -0.138. The molecule has 3 heterocycles. The smallest absolute Gasteiger partial charge is 0.346 e. The summed E-state index contributed by atoms with van der Waals surface area (Å²) in [5.74, 6) is 0.228. The predicted molar refractivity (Wildman–Crippen MR) is 107 cm³/mol. The fraction of sp³-hybridized carbons (Fsp3) is 0.300. The van der Waals surface area contributed by atoms with Crippen LogP contribution in [0.15, 0.2) is 36.5 Å². The second-order valence-electron chi connectivity index (χ2n) is 7.48. The monoisotopic (exact) mass is 488 g/mol. The molecule has 3 aromatic rings. The minimum atomic E-state index is -4.65. The molecule has 1 aromatic carbocycles. The van der Waals surface area contributed by atoms with Crippen LogP contribution < -0.4 is 0 Å². The zero-order chi connectivity index (χ0) is 24.1. The van der Waals surface area contributed by atoms with Gasteiger partial charge in [-0.3, -0.25) is 10.4 Å². The number of nitrogens with zero attached hydrogens (tertiary/aromatic N) is 5. The molecule has 0 amide bonds. The summed E-state index contributed by atoms with van der Waals surface area (Å²) in [6.07, 6.45) is -8.24. The number of pyridine rings is 1. The predicted octanol–water partition coefficient (Wildman–Crippen LogP) is 5.43. The molecular weight excluding hydrogens is 474 g/mol. The molecule has 2 aromatic heterocycles. The average molecular weight is 489 g/mol. The van der Waals surface area contributed by atoms with Gasteiger partial charge in [0.1, 0.15) is 11.5 Å². The van der Waals surface area contributed by atoms with Crippen molar-refractivity contribution in [1.82, 2.24) is 24.6 Å². The van der Waals surface area contributed by atoms with E-state index in [2.05, 4.69) is 15.2 Å². The normalized spacial score (nSPS) is 16.6. The molecule has 174 valence electrons. The van der Waals surface area contributed by atoms with Gasteiger partial charge < -0.3 is 9.47 Å². The Morgan fingerprint density at radius 2 is 1.82 bits per heavy atom. The highest BCUT2D eigenvalue weighted by molar-refractivity contribution is 6.34. The Labute approximate surface area is 188 Å². The SMILES string of the molecule is CC1CN(C(=N)c2cc(C(F)(F)F)ccn2)Cc2nnc(-c3cccc(C(F)(F)F)c3Cl)n21. The lowest BCUT2D eigenvalue weighted by Crippen LogP contribution is -2.41. The van der Waals surface area contributed by atoms with Gasteiger partial charge in [-0.25, -0.2) is 0 Å². The van der Waals surface area contributed by atoms with E-state index >= 15 is 0 Å². The Morgan fingerprint density at radius 3 is 2.48 bits per heavy atom. The molecule has 0 bridgehead atoms. The van der Waals surface area contributed by atoms with Crippen molar-refractivity contribution in [3.63, 3.8) is 0 Å². The van der Waals surface area contributed by atoms with Crippen LogP contribution in [0.5, 0.6) is 0 Å². The van der Waals surface area contributed by atoms with Crippen molar-refractivity contribution < 1.29 is 26.3 Å². The first-order chi connectivity index (χ1) is 15.4. The highest BCUT2D eigenvalue weighted by atomic mass is 35.5. The average Bonchev–Trinajstić information content (AvgIpc) is 3.16. The Morgan fingerprint density at radius 1 is 1.09 bits per heavy atom. The van der Waals surface area contributed by atoms with Gasteiger partial charge in [0.2, 0.25) is 0 Å². The van der Waals surface area contributed by atoms with Gasteiger partial charge >= 0.3 is 12.4 Å². The standard InChI is InChI=1S/C20H15ClF6N6/c1-10-8-32(17(28)14-7-11(5-6-29-14)19(22,23)24)9-15-30-31-18(33(10)15)12-3-2-4-13(16(12)21)20(25,26)27/h2-7,10,28H,8-9H2,1H3. The van der Waals surface area contributed by atoms with Crippen LogP contribution in [0, 0.1) is 5.41 Å². The number of alkyl halides is 6. The second kappa shape index (κ2) is 8.01. The van der Waals surface area contributed by atoms with Crippen molar-refractivity contribution in [2.45, 2.75) is 31.9 Å². The summed E-state index contributed by atoms with van der Waals surface area (Å²) >= 11 is 6.04. The molecule has 13 heteroatoms.